The molecule has 4 heteroatoms. The molecule has 1 saturated carbocycles. The van der Waals surface area contributed by atoms with Crippen LogP contribution in [0.1, 0.15) is 64.0 Å². The van der Waals surface area contributed by atoms with Crippen molar-refractivity contribution in [1.82, 2.24) is 14.8 Å². The molecule has 1 aliphatic carbocycles. The van der Waals surface area contributed by atoms with Gasteiger partial charge in [0.25, 0.3) is 0 Å². The zero-order valence-electron chi connectivity index (χ0n) is 10.9. The molecule has 0 amide bonds. The van der Waals surface area contributed by atoms with E-state index in [4.69, 9.17) is 11.6 Å². The second-order valence-electron chi connectivity index (χ2n) is 5.07. The Hall–Kier alpha value is -0.570. The third-order valence-corrected chi connectivity index (χ3v) is 4.34. The van der Waals surface area contributed by atoms with Crippen molar-refractivity contribution in [3.63, 3.8) is 0 Å². The minimum Gasteiger partial charge on any atom is -0.314 e. The fraction of sp³-hybridized carbons (Fsp3) is 0.846. The average molecular weight is 256 g/mol. The summed E-state index contributed by atoms with van der Waals surface area (Å²) >= 11 is 5.95. The lowest BCUT2D eigenvalue weighted by Crippen LogP contribution is -2.26. The van der Waals surface area contributed by atoms with Crippen molar-refractivity contribution < 1.29 is 0 Å². The number of hydrogen-bond acceptors (Lipinski definition) is 2. The fourth-order valence-electron chi connectivity index (χ4n) is 3.07. The summed E-state index contributed by atoms with van der Waals surface area (Å²) in [6.07, 6.45) is 7.43. The summed E-state index contributed by atoms with van der Waals surface area (Å²) < 4.78 is 2.27. The van der Waals surface area contributed by atoms with Gasteiger partial charge < -0.3 is 4.57 Å². The number of aromatic nitrogens is 3. The van der Waals surface area contributed by atoms with E-state index in [9.17, 15) is 0 Å². The number of nitrogens with zero attached hydrogens (tertiary/aromatic N) is 3. The molecule has 3 nitrogen and oxygen atoms in total. The molecule has 0 aromatic carbocycles. The molecular weight excluding hydrogens is 234 g/mol. The van der Waals surface area contributed by atoms with Crippen molar-refractivity contribution >= 4 is 11.6 Å². The summed E-state index contributed by atoms with van der Waals surface area (Å²) in [6, 6.07) is 0. The number of halogens is 1. The number of hydrogen-bond donors (Lipinski definition) is 0. The van der Waals surface area contributed by atoms with Gasteiger partial charge in [0, 0.05) is 12.0 Å². The Morgan fingerprint density at radius 3 is 2.47 bits per heavy atom. The standard InChI is InChI=1S/C13H22ClN3/c1-3-9-17-11(10-14)15-16-12(17)13(4-2)7-5-6-8-13/h3-10H2,1-2H3. The van der Waals surface area contributed by atoms with Crippen molar-refractivity contribution in [2.75, 3.05) is 0 Å². The Kier molecular flexibility index (Phi) is 4.08. The van der Waals surface area contributed by atoms with E-state index in [1.165, 1.54) is 31.5 Å². The highest BCUT2D eigenvalue weighted by atomic mass is 35.5. The van der Waals surface area contributed by atoms with E-state index in [1.54, 1.807) is 0 Å². The fourth-order valence-corrected chi connectivity index (χ4v) is 3.27. The summed E-state index contributed by atoms with van der Waals surface area (Å²) in [7, 11) is 0. The Morgan fingerprint density at radius 2 is 1.94 bits per heavy atom. The minimum atomic E-state index is 0.270. The first kappa shape index (κ1) is 12.9. The van der Waals surface area contributed by atoms with E-state index < -0.39 is 0 Å². The molecule has 1 aliphatic rings. The smallest absolute Gasteiger partial charge is 0.147 e. The van der Waals surface area contributed by atoms with Crippen molar-refractivity contribution in [1.29, 1.82) is 0 Å². The molecule has 1 aromatic heterocycles. The minimum absolute atomic E-state index is 0.270. The van der Waals surface area contributed by atoms with Gasteiger partial charge in [-0.1, -0.05) is 26.7 Å². The summed E-state index contributed by atoms with van der Waals surface area (Å²) in [5, 5.41) is 8.73. The van der Waals surface area contributed by atoms with Crippen molar-refractivity contribution in [2.45, 2.75) is 70.2 Å². The largest absolute Gasteiger partial charge is 0.314 e. The molecule has 0 atom stereocenters. The SMILES string of the molecule is CCCn1c(CCl)nnc1C1(CC)CCCC1. The van der Waals surface area contributed by atoms with Crippen LogP contribution in [-0.2, 0) is 17.8 Å². The van der Waals surface area contributed by atoms with Gasteiger partial charge in [0.15, 0.2) is 0 Å². The van der Waals surface area contributed by atoms with E-state index in [2.05, 4.69) is 28.6 Å². The van der Waals surface area contributed by atoms with Gasteiger partial charge in [0.05, 0.1) is 5.88 Å². The van der Waals surface area contributed by atoms with Crippen LogP contribution in [0.4, 0.5) is 0 Å². The van der Waals surface area contributed by atoms with E-state index in [-0.39, 0.29) is 5.41 Å². The van der Waals surface area contributed by atoms with Gasteiger partial charge in [-0.05, 0) is 25.7 Å². The van der Waals surface area contributed by atoms with Gasteiger partial charge >= 0.3 is 0 Å². The molecule has 96 valence electrons. The summed E-state index contributed by atoms with van der Waals surface area (Å²) in [4.78, 5) is 0. The Bertz CT molecular complexity index is 367. The Balaban J connectivity index is 2.39. The first-order chi connectivity index (χ1) is 8.27. The molecule has 17 heavy (non-hydrogen) atoms. The normalized spacial score (nSPS) is 18.8. The van der Waals surface area contributed by atoms with Crippen LogP contribution < -0.4 is 0 Å². The Morgan fingerprint density at radius 1 is 1.24 bits per heavy atom. The van der Waals surface area contributed by atoms with Crippen LogP contribution in [0.3, 0.4) is 0 Å². The number of rotatable bonds is 5. The molecule has 0 aliphatic heterocycles. The highest BCUT2D eigenvalue weighted by molar-refractivity contribution is 6.16. The van der Waals surface area contributed by atoms with E-state index >= 15 is 0 Å². The van der Waals surface area contributed by atoms with Gasteiger partial charge in [0.1, 0.15) is 11.6 Å². The van der Waals surface area contributed by atoms with Crippen molar-refractivity contribution in [3.05, 3.63) is 11.6 Å². The molecule has 0 spiro atoms. The second-order valence-corrected chi connectivity index (χ2v) is 5.33. The lowest BCUT2D eigenvalue weighted by Gasteiger charge is -2.27. The van der Waals surface area contributed by atoms with Gasteiger partial charge in [-0.25, -0.2) is 0 Å². The number of alkyl halides is 1. The first-order valence-corrected chi connectivity index (χ1v) is 7.29. The van der Waals surface area contributed by atoms with Crippen molar-refractivity contribution in [2.24, 2.45) is 0 Å². The van der Waals surface area contributed by atoms with Crippen LogP contribution in [0.15, 0.2) is 0 Å². The van der Waals surface area contributed by atoms with Crippen LogP contribution in [0.2, 0.25) is 0 Å². The average Bonchev–Trinajstić information content (AvgIpc) is 2.96. The van der Waals surface area contributed by atoms with E-state index in [0.29, 0.717) is 5.88 Å². The zero-order valence-corrected chi connectivity index (χ0v) is 11.6. The van der Waals surface area contributed by atoms with Gasteiger partial charge in [0.2, 0.25) is 0 Å². The monoisotopic (exact) mass is 255 g/mol. The van der Waals surface area contributed by atoms with Crippen LogP contribution in [0, 0.1) is 0 Å². The summed E-state index contributed by atoms with van der Waals surface area (Å²) in [6.45, 7) is 5.46. The summed E-state index contributed by atoms with van der Waals surface area (Å²) in [5.41, 5.74) is 0.270. The third kappa shape index (κ3) is 2.22. The highest BCUT2D eigenvalue weighted by Crippen LogP contribution is 2.43. The van der Waals surface area contributed by atoms with Gasteiger partial charge in [-0.15, -0.1) is 21.8 Å². The van der Waals surface area contributed by atoms with Crippen LogP contribution in [-0.4, -0.2) is 14.8 Å². The lowest BCUT2D eigenvalue weighted by molar-refractivity contribution is 0.375. The molecule has 1 heterocycles. The second kappa shape index (κ2) is 5.38. The predicted molar refractivity (Wildman–Crippen MR) is 70.3 cm³/mol. The zero-order chi connectivity index (χ0) is 12.3. The Labute approximate surface area is 109 Å². The molecule has 2 rings (SSSR count). The van der Waals surface area contributed by atoms with Crippen LogP contribution >= 0.6 is 11.6 Å². The molecule has 0 bridgehead atoms. The maximum absolute atomic E-state index is 5.95. The quantitative estimate of drug-likeness (QED) is 0.752. The summed E-state index contributed by atoms with van der Waals surface area (Å²) in [5.74, 6) is 2.59. The maximum Gasteiger partial charge on any atom is 0.147 e. The van der Waals surface area contributed by atoms with E-state index in [0.717, 1.165) is 25.2 Å². The van der Waals surface area contributed by atoms with Gasteiger partial charge in [-0.3, -0.25) is 0 Å². The molecule has 1 aromatic rings. The molecule has 0 radical (unpaired) electrons. The first-order valence-electron chi connectivity index (χ1n) is 6.76. The predicted octanol–water partition coefficient (Wildman–Crippen LogP) is 3.65. The molecule has 0 saturated heterocycles. The van der Waals surface area contributed by atoms with Crippen LogP contribution in [0.25, 0.3) is 0 Å². The molecule has 1 fully saturated rings. The molecule has 0 N–H and O–H groups in total. The van der Waals surface area contributed by atoms with E-state index in [1.807, 2.05) is 0 Å². The molecular formula is C13H22ClN3. The van der Waals surface area contributed by atoms with Crippen molar-refractivity contribution in [3.8, 4) is 0 Å². The van der Waals surface area contributed by atoms with Crippen LogP contribution in [0.5, 0.6) is 0 Å². The van der Waals surface area contributed by atoms with Gasteiger partial charge in [-0.2, -0.15) is 0 Å². The maximum atomic E-state index is 5.95. The topological polar surface area (TPSA) is 30.7 Å². The molecule has 0 unspecified atom stereocenters. The third-order valence-electron chi connectivity index (χ3n) is 4.11. The lowest BCUT2D eigenvalue weighted by atomic mass is 9.82. The highest BCUT2D eigenvalue weighted by Gasteiger charge is 2.38.